The van der Waals surface area contributed by atoms with Crippen molar-refractivity contribution >= 4 is 0 Å². The number of piperidine rings is 1. The van der Waals surface area contributed by atoms with Crippen LogP contribution in [-0.4, -0.2) is 45.9 Å². The SMILES string of the molecule is Cc1nccc(-c2noc(CCOC3CCNCC3)n2)n1. The van der Waals surface area contributed by atoms with Gasteiger partial charge in [-0.1, -0.05) is 5.16 Å². The summed E-state index contributed by atoms with van der Waals surface area (Å²) in [6.45, 7) is 4.50. The molecule has 0 bridgehead atoms. The Bertz CT molecular complexity index is 580. The molecule has 1 N–H and O–H groups in total. The van der Waals surface area contributed by atoms with Gasteiger partial charge in [0.25, 0.3) is 0 Å². The van der Waals surface area contributed by atoms with Gasteiger partial charge >= 0.3 is 0 Å². The maximum Gasteiger partial charge on any atom is 0.229 e. The summed E-state index contributed by atoms with van der Waals surface area (Å²) >= 11 is 0. The van der Waals surface area contributed by atoms with Crippen LogP contribution in [-0.2, 0) is 11.2 Å². The second-order valence-electron chi connectivity index (χ2n) is 5.07. The van der Waals surface area contributed by atoms with Gasteiger partial charge in [-0.25, -0.2) is 9.97 Å². The van der Waals surface area contributed by atoms with E-state index in [0.717, 1.165) is 25.9 Å². The summed E-state index contributed by atoms with van der Waals surface area (Å²) in [6, 6.07) is 1.77. The van der Waals surface area contributed by atoms with Crippen LogP contribution in [0.3, 0.4) is 0 Å². The predicted octanol–water partition coefficient (Wildman–Crippen LogP) is 1.15. The molecule has 21 heavy (non-hydrogen) atoms. The van der Waals surface area contributed by atoms with Gasteiger partial charge in [-0.2, -0.15) is 4.98 Å². The smallest absolute Gasteiger partial charge is 0.229 e. The quantitative estimate of drug-likeness (QED) is 0.883. The van der Waals surface area contributed by atoms with Crippen LogP contribution >= 0.6 is 0 Å². The van der Waals surface area contributed by atoms with Crippen molar-refractivity contribution in [3.8, 4) is 11.5 Å². The van der Waals surface area contributed by atoms with Crippen molar-refractivity contribution in [3.05, 3.63) is 24.0 Å². The van der Waals surface area contributed by atoms with Crippen LogP contribution in [0.15, 0.2) is 16.8 Å². The number of aryl methyl sites for hydroxylation is 1. The van der Waals surface area contributed by atoms with Crippen LogP contribution in [0.4, 0.5) is 0 Å². The number of ether oxygens (including phenoxy) is 1. The normalized spacial score (nSPS) is 16.2. The lowest BCUT2D eigenvalue weighted by Crippen LogP contribution is -2.32. The van der Waals surface area contributed by atoms with Crippen LogP contribution < -0.4 is 5.32 Å². The third kappa shape index (κ3) is 3.83. The number of nitrogens with zero attached hydrogens (tertiary/aromatic N) is 4. The topological polar surface area (TPSA) is 86.0 Å². The fraction of sp³-hybridized carbons (Fsp3) is 0.571. The average molecular weight is 289 g/mol. The van der Waals surface area contributed by atoms with Crippen LogP contribution in [0.25, 0.3) is 11.5 Å². The molecule has 0 spiro atoms. The first-order valence-corrected chi connectivity index (χ1v) is 7.26. The fourth-order valence-electron chi connectivity index (χ4n) is 2.32. The Hall–Kier alpha value is -1.86. The van der Waals surface area contributed by atoms with Crippen molar-refractivity contribution in [2.75, 3.05) is 19.7 Å². The average Bonchev–Trinajstić information content (AvgIpc) is 2.97. The molecule has 0 atom stereocenters. The molecule has 1 saturated heterocycles. The third-order valence-corrected chi connectivity index (χ3v) is 3.43. The lowest BCUT2D eigenvalue weighted by Gasteiger charge is -2.22. The lowest BCUT2D eigenvalue weighted by molar-refractivity contribution is 0.0322. The highest BCUT2D eigenvalue weighted by molar-refractivity contribution is 5.46. The first-order valence-electron chi connectivity index (χ1n) is 7.26. The molecule has 0 aliphatic carbocycles. The summed E-state index contributed by atoms with van der Waals surface area (Å²) in [6.07, 6.45) is 4.79. The molecule has 112 valence electrons. The van der Waals surface area contributed by atoms with Gasteiger partial charge in [-0.15, -0.1) is 0 Å². The highest BCUT2D eigenvalue weighted by Crippen LogP contribution is 2.13. The van der Waals surface area contributed by atoms with Gasteiger partial charge in [0.05, 0.1) is 19.1 Å². The molecule has 0 saturated carbocycles. The van der Waals surface area contributed by atoms with Gasteiger partial charge in [0.1, 0.15) is 11.5 Å². The summed E-state index contributed by atoms with van der Waals surface area (Å²) in [5.41, 5.74) is 0.678. The van der Waals surface area contributed by atoms with E-state index in [9.17, 15) is 0 Å². The lowest BCUT2D eigenvalue weighted by atomic mass is 10.1. The van der Waals surface area contributed by atoms with Crippen molar-refractivity contribution in [2.24, 2.45) is 0 Å². The minimum atomic E-state index is 0.346. The van der Waals surface area contributed by atoms with Gasteiger partial charge in [0.2, 0.25) is 11.7 Å². The Morgan fingerprint density at radius 2 is 2.19 bits per heavy atom. The van der Waals surface area contributed by atoms with Gasteiger partial charge in [-0.05, 0) is 38.9 Å². The van der Waals surface area contributed by atoms with E-state index < -0.39 is 0 Å². The molecule has 7 heteroatoms. The molecule has 1 aliphatic heterocycles. The Morgan fingerprint density at radius 3 is 3.00 bits per heavy atom. The standard InChI is InChI=1S/C14H19N5O2/c1-10-16-8-4-12(17-10)14-18-13(21-19-14)5-9-20-11-2-6-15-7-3-11/h4,8,11,15H,2-3,5-7,9H2,1H3. The number of aromatic nitrogens is 4. The number of rotatable bonds is 5. The van der Waals surface area contributed by atoms with Crippen molar-refractivity contribution in [2.45, 2.75) is 32.3 Å². The summed E-state index contributed by atoms with van der Waals surface area (Å²) in [7, 11) is 0. The van der Waals surface area contributed by atoms with E-state index >= 15 is 0 Å². The number of hydrogen-bond acceptors (Lipinski definition) is 7. The monoisotopic (exact) mass is 289 g/mol. The summed E-state index contributed by atoms with van der Waals surface area (Å²) in [5, 5.41) is 7.27. The molecular formula is C14H19N5O2. The molecule has 0 unspecified atom stereocenters. The minimum absolute atomic E-state index is 0.346. The zero-order valence-corrected chi connectivity index (χ0v) is 12.1. The predicted molar refractivity (Wildman–Crippen MR) is 75.6 cm³/mol. The summed E-state index contributed by atoms with van der Waals surface area (Å²) in [5.74, 6) is 1.76. The van der Waals surface area contributed by atoms with Gasteiger partial charge in [0.15, 0.2) is 0 Å². The second-order valence-corrected chi connectivity index (χ2v) is 5.07. The van der Waals surface area contributed by atoms with Crippen molar-refractivity contribution in [1.82, 2.24) is 25.4 Å². The fourth-order valence-corrected chi connectivity index (χ4v) is 2.32. The zero-order chi connectivity index (χ0) is 14.5. The molecule has 0 aromatic carbocycles. The molecular weight excluding hydrogens is 270 g/mol. The molecule has 3 rings (SSSR count). The number of nitrogens with one attached hydrogen (secondary N) is 1. The molecule has 1 fully saturated rings. The van der Waals surface area contributed by atoms with E-state index in [1.165, 1.54) is 0 Å². The van der Waals surface area contributed by atoms with E-state index in [4.69, 9.17) is 9.26 Å². The highest BCUT2D eigenvalue weighted by Gasteiger charge is 2.14. The van der Waals surface area contributed by atoms with E-state index in [-0.39, 0.29) is 0 Å². The maximum absolute atomic E-state index is 5.83. The van der Waals surface area contributed by atoms with Gasteiger partial charge in [0, 0.05) is 6.20 Å². The Kier molecular flexibility index (Phi) is 4.52. The van der Waals surface area contributed by atoms with E-state index in [1.54, 1.807) is 12.3 Å². The molecule has 3 heterocycles. The summed E-state index contributed by atoms with van der Waals surface area (Å²) in [4.78, 5) is 12.7. The second kappa shape index (κ2) is 6.73. The van der Waals surface area contributed by atoms with Gasteiger partial charge < -0.3 is 14.6 Å². The van der Waals surface area contributed by atoms with Crippen LogP contribution in [0.2, 0.25) is 0 Å². The largest absolute Gasteiger partial charge is 0.378 e. The molecule has 7 nitrogen and oxygen atoms in total. The third-order valence-electron chi connectivity index (χ3n) is 3.43. The van der Waals surface area contributed by atoms with Crippen LogP contribution in [0.1, 0.15) is 24.6 Å². The molecule has 2 aromatic rings. The minimum Gasteiger partial charge on any atom is -0.378 e. The highest BCUT2D eigenvalue weighted by atomic mass is 16.5. The number of hydrogen-bond donors (Lipinski definition) is 1. The summed E-state index contributed by atoms with van der Waals surface area (Å²) < 4.78 is 11.1. The van der Waals surface area contributed by atoms with E-state index in [1.807, 2.05) is 6.92 Å². The van der Waals surface area contributed by atoms with E-state index in [2.05, 4.69) is 25.4 Å². The Balaban J connectivity index is 1.53. The van der Waals surface area contributed by atoms with Crippen LogP contribution in [0, 0.1) is 6.92 Å². The van der Waals surface area contributed by atoms with Crippen molar-refractivity contribution in [1.29, 1.82) is 0 Å². The zero-order valence-electron chi connectivity index (χ0n) is 12.1. The molecule has 2 aromatic heterocycles. The molecule has 0 amide bonds. The first kappa shape index (κ1) is 14.1. The van der Waals surface area contributed by atoms with Crippen LogP contribution in [0.5, 0.6) is 0 Å². The van der Waals surface area contributed by atoms with Crippen molar-refractivity contribution in [3.63, 3.8) is 0 Å². The maximum atomic E-state index is 5.83. The Morgan fingerprint density at radius 1 is 1.33 bits per heavy atom. The van der Waals surface area contributed by atoms with Gasteiger partial charge in [-0.3, -0.25) is 0 Å². The Labute approximate surface area is 123 Å². The first-order chi connectivity index (χ1) is 10.3. The van der Waals surface area contributed by atoms with Crippen molar-refractivity contribution < 1.29 is 9.26 Å². The molecule has 0 radical (unpaired) electrons. The van der Waals surface area contributed by atoms with E-state index in [0.29, 0.717) is 42.4 Å². The molecule has 1 aliphatic rings.